The first-order valence-corrected chi connectivity index (χ1v) is 12.0. The molecule has 0 amide bonds. The fraction of sp³-hybridized carbons (Fsp3) is 0.682. The molecule has 1 unspecified atom stereocenters. The quantitative estimate of drug-likeness (QED) is 0.691. The SMILES string of the molecule is CC(C)c1nn(C)c(N2CCOCC2)c1CNCC(c1cccs1)N1CCOCC1. The number of nitrogens with one attached hydrogen (secondary N) is 1. The molecule has 2 aromatic rings. The van der Waals surface area contributed by atoms with Gasteiger partial charge in [0.2, 0.25) is 0 Å². The molecule has 2 saturated heterocycles. The van der Waals surface area contributed by atoms with E-state index in [4.69, 9.17) is 14.6 Å². The third kappa shape index (κ3) is 4.89. The fourth-order valence-electron chi connectivity index (χ4n) is 4.50. The molecule has 0 aliphatic carbocycles. The van der Waals surface area contributed by atoms with E-state index in [1.165, 1.54) is 22.0 Å². The number of aryl methyl sites for hydroxylation is 1. The van der Waals surface area contributed by atoms with E-state index in [-0.39, 0.29) is 0 Å². The molecule has 7 nitrogen and oxygen atoms in total. The monoisotopic (exact) mass is 433 g/mol. The first-order chi connectivity index (χ1) is 14.6. The number of aromatic nitrogens is 2. The molecule has 0 radical (unpaired) electrons. The maximum atomic E-state index is 5.58. The summed E-state index contributed by atoms with van der Waals surface area (Å²) in [6.45, 7) is 13.3. The predicted octanol–water partition coefficient (Wildman–Crippen LogP) is 2.60. The summed E-state index contributed by atoms with van der Waals surface area (Å²) in [5, 5.41) is 10.9. The second kappa shape index (κ2) is 10.2. The van der Waals surface area contributed by atoms with E-state index in [1.54, 1.807) is 0 Å². The minimum absolute atomic E-state index is 0.389. The number of anilines is 1. The van der Waals surface area contributed by atoms with Crippen LogP contribution in [0.2, 0.25) is 0 Å². The van der Waals surface area contributed by atoms with Gasteiger partial charge in [-0.25, -0.2) is 0 Å². The largest absolute Gasteiger partial charge is 0.379 e. The molecule has 4 heterocycles. The van der Waals surface area contributed by atoms with Crippen LogP contribution in [-0.4, -0.2) is 73.8 Å². The number of nitrogens with zero attached hydrogens (tertiary/aromatic N) is 4. The van der Waals surface area contributed by atoms with Crippen LogP contribution in [0.3, 0.4) is 0 Å². The topological polar surface area (TPSA) is 54.8 Å². The van der Waals surface area contributed by atoms with Crippen LogP contribution >= 0.6 is 11.3 Å². The van der Waals surface area contributed by atoms with Gasteiger partial charge in [-0.05, 0) is 17.4 Å². The van der Waals surface area contributed by atoms with Gasteiger partial charge in [0.15, 0.2) is 0 Å². The molecule has 2 aliphatic heterocycles. The van der Waals surface area contributed by atoms with Crippen molar-refractivity contribution in [3.8, 4) is 0 Å². The second-order valence-electron chi connectivity index (χ2n) is 8.38. The molecule has 0 spiro atoms. The van der Waals surface area contributed by atoms with Crippen LogP contribution in [-0.2, 0) is 23.1 Å². The van der Waals surface area contributed by atoms with Crippen molar-refractivity contribution in [2.75, 3.05) is 64.1 Å². The van der Waals surface area contributed by atoms with Crippen molar-refractivity contribution >= 4 is 17.2 Å². The molecule has 30 heavy (non-hydrogen) atoms. The van der Waals surface area contributed by atoms with Gasteiger partial charge in [0.1, 0.15) is 5.82 Å². The Morgan fingerprint density at radius 2 is 1.80 bits per heavy atom. The molecule has 0 aromatic carbocycles. The Labute approximate surface area is 183 Å². The van der Waals surface area contributed by atoms with Crippen molar-refractivity contribution in [3.63, 3.8) is 0 Å². The standard InChI is InChI=1S/C22H35N5O2S/c1-17(2)21-18(22(25(3)24-21)27-8-12-29-13-9-27)15-23-16-19(20-5-4-14-30-20)26-6-10-28-11-7-26/h4-5,14,17,19,23H,6-13,15-16H2,1-3H3. The van der Waals surface area contributed by atoms with Crippen LogP contribution in [0.25, 0.3) is 0 Å². The maximum absolute atomic E-state index is 5.58. The first-order valence-electron chi connectivity index (χ1n) is 11.1. The molecule has 2 aromatic heterocycles. The molecule has 2 fully saturated rings. The van der Waals surface area contributed by atoms with E-state index in [1.807, 2.05) is 11.3 Å². The Balaban J connectivity index is 1.50. The average molecular weight is 434 g/mol. The van der Waals surface area contributed by atoms with E-state index in [9.17, 15) is 0 Å². The molecule has 4 rings (SSSR count). The minimum atomic E-state index is 0.389. The smallest absolute Gasteiger partial charge is 0.131 e. The van der Waals surface area contributed by atoms with Gasteiger partial charge < -0.3 is 19.7 Å². The maximum Gasteiger partial charge on any atom is 0.131 e. The van der Waals surface area contributed by atoms with Crippen molar-refractivity contribution in [1.82, 2.24) is 20.0 Å². The van der Waals surface area contributed by atoms with Crippen molar-refractivity contribution in [3.05, 3.63) is 33.6 Å². The summed E-state index contributed by atoms with van der Waals surface area (Å²) in [5.74, 6) is 1.64. The van der Waals surface area contributed by atoms with Crippen LogP contribution in [0, 0.1) is 0 Å². The number of hydrogen-bond acceptors (Lipinski definition) is 7. The van der Waals surface area contributed by atoms with Gasteiger partial charge in [-0.1, -0.05) is 19.9 Å². The molecule has 1 atom stereocenters. The summed E-state index contributed by atoms with van der Waals surface area (Å²) < 4.78 is 13.2. The van der Waals surface area contributed by atoms with Gasteiger partial charge in [0.25, 0.3) is 0 Å². The normalized spacial score (nSPS) is 19.5. The molecule has 0 saturated carbocycles. The van der Waals surface area contributed by atoms with E-state index >= 15 is 0 Å². The molecular formula is C22H35N5O2S. The van der Waals surface area contributed by atoms with Crippen molar-refractivity contribution < 1.29 is 9.47 Å². The Kier molecular flexibility index (Phi) is 7.43. The zero-order valence-electron chi connectivity index (χ0n) is 18.5. The predicted molar refractivity (Wildman–Crippen MR) is 121 cm³/mol. The summed E-state index contributed by atoms with van der Waals surface area (Å²) in [7, 11) is 2.07. The lowest BCUT2D eigenvalue weighted by Gasteiger charge is -2.34. The molecule has 8 heteroatoms. The van der Waals surface area contributed by atoms with Gasteiger partial charge in [-0.3, -0.25) is 9.58 Å². The highest BCUT2D eigenvalue weighted by Crippen LogP contribution is 2.30. The number of ether oxygens (including phenoxy) is 2. The lowest BCUT2D eigenvalue weighted by Crippen LogP contribution is -2.42. The Hall–Kier alpha value is -1.45. The molecular weight excluding hydrogens is 398 g/mol. The van der Waals surface area contributed by atoms with Crippen LogP contribution in [0.5, 0.6) is 0 Å². The number of thiophene rings is 1. The van der Waals surface area contributed by atoms with Gasteiger partial charge in [-0.2, -0.15) is 5.10 Å². The first kappa shape index (κ1) is 21.8. The van der Waals surface area contributed by atoms with Crippen LogP contribution in [0.1, 0.15) is 41.9 Å². The zero-order chi connectivity index (χ0) is 20.9. The average Bonchev–Trinajstić information content (AvgIpc) is 3.40. The van der Waals surface area contributed by atoms with Crippen LogP contribution in [0.15, 0.2) is 17.5 Å². The van der Waals surface area contributed by atoms with Crippen molar-refractivity contribution in [2.24, 2.45) is 7.05 Å². The summed E-state index contributed by atoms with van der Waals surface area (Å²) in [6.07, 6.45) is 0. The highest BCUT2D eigenvalue weighted by atomic mass is 32.1. The lowest BCUT2D eigenvalue weighted by atomic mass is 10.0. The van der Waals surface area contributed by atoms with Crippen LogP contribution in [0.4, 0.5) is 5.82 Å². The minimum Gasteiger partial charge on any atom is -0.379 e. The lowest BCUT2D eigenvalue weighted by molar-refractivity contribution is 0.0168. The van der Waals surface area contributed by atoms with Crippen LogP contribution < -0.4 is 10.2 Å². The number of hydrogen-bond donors (Lipinski definition) is 1. The third-order valence-electron chi connectivity index (χ3n) is 6.00. The molecule has 166 valence electrons. The van der Waals surface area contributed by atoms with Gasteiger partial charge in [-0.15, -0.1) is 11.3 Å². The number of morpholine rings is 2. The molecule has 1 N–H and O–H groups in total. The van der Waals surface area contributed by atoms with Gasteiger partial charge in [0.05, 0.1) is 38.2 Å². The molecule has 2 aliphatic rings. The third-order valence-corrected chi connectivity index (χ3v) is 6.97. The van der Waals surface area contributed by atoms with Crippen molar-refractivity contribution in [2.45, 2.75) is 32.4 Å². The Morgan fingerprint density at radius 3 is 2.43 bits per heavy atom. The Bertz CT molecular complexity index is 780. The van der Waals surface area contributed by atoms with Gasteiger partial charge in [0, 0.05) is 56.8 Å². The van der Waals surface area contributed by atoms with E-state index in [0.717, 1.165) is 65.7 Å². The summed E-state index contributed by atoms with van der Waals surface area (Å²) in [6, 6.07) is 4.80. The molecule has 0 bridgehead atoms. The fourth-order valence-corrected chi connectivity index (χ4v) is 5.36. The highest BCUT2D eigenvalue weighted by Gasteiger charge is 2.26. The van der Waals surface area contributed by atoms with Gasteiger partial charge >= 0.3 is 0 Å². The summed E-state index contributed by atoms with van der Waals surface area (Å²) in [4.78, 5) is 6.41. The number of rotatable bonds is 8. The Morgan fingerprint density at radius 1 is 1.10 bits per heavy atom. The second-order valence-corrected chi connectivity index (χ2v) is 9.35. The zero-order valence-corrected chi connectivity index (χ0v) is 19.3. The highest BCUT2D eigenvalue weighted by molar-refractivity contribution is 7.10. The van der Waals surface area contributed by atoms with E-state index in [2.05, 4.69) is 58.2 Å². The summed E-state index contributed by atoms with van der Waals surface area (Å²) >= 11 is 1.85. The van der Waals surface area contributed by atoms with E-state index < -0.39 is 0 Å². The van der Waals surface area contributed by atoms with E-state index in [0.29, 0.717) is 12.0 Å². The summed E-state index contributed by atoms with van der Waals surface area (Å²) in [5.41, 5.74) is 2.53. The van der Waals surface area contributed by atoms with Crippen molar-refractivity contribution in [1.29, 1.82) is 0 Å².